The number of rotatable bonds is 4. The minimum Gasteiger partial charge on any atom is -0.465 e. The van der Waals surface area contributed by atoms with Gasteiger partial charge in [0.2, 0.25) is 5.91 Å². The van der Waals surface area contributed by atoms with Crippen LogP contribution in [0.2, 0.25) is 0 Å². The van der Waals surface area contributed by atoms with Crippen molar-refractivity contribution in [2.75, 3.05) is 20.0 Å². The summed E-state index contributed by atoms with van der Waals surface area (Å²) in [4.78, 5) is 39.0. The Morgan fingerprint density at radius 2 is 1.62 bits per heavy atom. The Kier molecular flexibility index (Phi) is 6.25. The molecule has 0 saturated heterocycles. The van der Waals surface area contributed by atoms with E-state index in [1.165, 1.54) is 42.5 Å². The molecule has 4 rings (SSSR count). The molecule has 2 aromatic carbocycles. The quantitative estimate of drug-likeness (QED) is 0.568. The molecule has 0 aliphatic carbocycles. The molecule has 7 nitrogen and oxygen atoms in total. The van der Waals surface area contributed by atoms with E-state index in [0.717, 1.165) is 30.5 Å². The van der Waals surface area contributed by atoms with E-state index in [4.69, 9.17) is 15.2 Å². The maximum absolute atomic E-state index is 14.6. The van der Waals surface area contributed by atoms with Crippen molar-refractivity contribution in [3.05, 3.63) is 87.6 Å². The molecule has 0 spiro atoms. The number of aromatic nitrogens is 1. The maximum Gasteiger partial charge on any atom is 0.357 e. The van der Waals surface area contributed by atoms with Crippen molar-refractivity contribution in [1.29, 1.82) is 0 Å². The third-order valence-electron chi connectivity index (χ3n) is 5.29. The van der Waals surface area contributed by atoms with Crippen LogP contribution in [-0.4, -0.2) is 36.6 Å². The summed E-state index contributed by atoms with van der Waals surface area (Å²) in [6, 6.07) is 11.4. The number of benzene rings is 2. The van der Waals surface area contributed by atoms with Gasteiger partial charge in [0.1, 0.15) is 21.8 Å². The maximum atomic E-state index is 14.6. The molecular weight excluding hydrogens is 466 g/mol. The van der Waals surface area contributed by atoms with Crippen molar-refractivity contribution < 1.29 is 32.6 Å². The van der Waals surface area contributed by atoms with Gasteiger partial charge in [-0.05, 0) is 18.2 Å². The zero-order chi connectivity index (χ0) is 24.6. The minimum absolute atomic E-state index is 0.00673. The van der Waals surface area contributed by atoms with E-state index >= 15 is 0 Å². The first-order valence-corrected chi connectivity index (χ1v) is 10.8. The molecule has 174 valence electrons. The van der Waals surface area contributed by atoms with Crippen LogP contribution in [0, 0.1) is 11.6 Å². The number of nitrogens with zero attached hydrogens (tertiary/aromatic N) is 1. The highest BCUT2D eigenvalue weighted by molar-refractivity contribution is 8.10. The fourth-order valence-electron chi connectivity index (χ4n) is 3.71. The van der Waals surface area contributed by atoms with Gasteiger partial charge in [0.15, 0.2) is 5.69 Å². The number of carbonyl (C=O) groups is 3. The molecule has 0 saturated carbocycles. The van der Waals surface area contributed by atoms with Crippen molar-refractivity contribution in [1.82, 2.24) is 4.57 Å². The van der Waals surface area contributed by atoms with Gasteiger partial charge in [-0.3, -0.25) is 9.36 Å². The number of anilines is 1. The van der Waals surface area contributed by atoms with E-state index in [0.29, 0.717) is 0 Å². The van der Waals surface area contributed by atoms with E-state index in [1.54, 1.807) is 12.1 Å². The molecule has 1 atom stereocenters. The highest BCUT2D eigenvalue weighted by Gasteiger charge is 2.39. The van der Waals surface area contributed by atoms with Gasteiger partial charge in [-0.1, -0.05) is 48.2 Å². The molecule has 0 amide bonds. The number of nitrogen functional groups attached to an aromatic ring is 1. The van der Waals surface area contributed by atoms with E-state index in [-0.39, 0.29) is 38.0 Å². The van der Waals surface area contributed by atoms with Crippen LogP contribution >= 0.6 is 11.8 Å². The predicted octanol–water partition coefficient (Wildman–Crippen LogP) is 2.37. The topological polar surface area (TPSA) is 101 Å². The van der Waals surface area contributed by atoms with E-state index in [9.17, 15) is 23.2 Å². The molecule has 3 aromatic rings. The highest BCUT2D eigenvalue weighted by Crippen LogP contribution is 2.40. The fraction of sp³-hybridized carbons (Fsp3) is 0.125. The number of ether oxygens (including phenoxy) is 2. The van der Waals surface area contributed by atoms with Crippen LogP contribution in [0.15, 0.2) is 48.5 Å². The highest BCUT2D eigenvalue weighted by atomic mass is 32.2. The lowest BCUT2D eigenvalue weighted by Crippen LogP contribution is -2.42. The molecule has 10 heteroatoms. The summed E-state index contributed by atoms with van der Waals surface area (Å²) in [5, 5.41) is -1.23. The summed E-state index contributed by atoms with van der Waals surface area (Å²) < 4.78 is 39.7. The Morgan fingerprint density at radius 1 is 1.00 bits per heavy atom. The molecule has 1 aliphatic rings. The molecule has 34 heavy (non-hydrogen) atoms. The van der Waals surface area contributed by atoms with Crippen molar-refractivity contribution in [3.63, 3.8) is 0 Å². The van der Waals surface area contributed by atoms with Crippen molar-refractivity contribution in [2.45, 2.75) is 5.25 Å². The number of fused-ring (bicyclic) bond motifs is 1. The third-order valence-corrected chi connectivity index (χ3v) is 6.57. The first kappa shape index (κ1) is 23.2. The van der Waals surface area contributed by atoms with Gasteiger partial charge in [0.25, 0.3) is 0 Å². The second kappa shape index (κ2) is 9.14. The second-order valence-corrected chi connectivity index (χ2v) is 8.31. The number of halogens is 2. The van der Waals surface area contributed by atoms with Gasteiger partial charge < -0.3 is 15.2 Å². The van der Waals surface area contributed by atoms with Crippen LogP contribution in [-0.2, 0) is 14.3 Å². The van der Waals surface area contributed by atoms with Crippen LogP contribution in [0.25, 0.3) is 11.0 Å². The van der Waals surface area contributed by atoms with E-state index in [1.807, 2.05) is 0 Å². The van der Waals surface area contributed by atoms with Crippen LogP contribution in [0.4, 0.5) is 14.5 Å². The zero-order valence-electron chi connectivity index (χ0n) is 18.0. The average molecular weight is 484 g/mol. The first-order chi connectivity index (χ1) is 16.3. The molecule has 2 heterocycles. The Morgan fingerprint density at radius 3 is 2.24 bits per heavy atom. The number of nitrogens with two attached hydrogens (primary N) is 1. The molecule has 0 fully saturated rings. The first-order valence-electron chi connectivity index (χ1n) is 9.92. The number of hydrogen-bond donors (Lipinski definition) is 1. The summed E-state index contributed by atoms with van der Waals surface area (Å²) in [5.41, 5.74) is 5.82. The Balaban J connectivity index is 2.15. The summed E-state index contributed by atoms with van der Waals surface area (Å²) in [7, 11) is 2.24. The zero-order valence-corrected chi connectivity index (χ0v) is 18.8. The lowest BCUT2D eigenvalue weighted by molar-refractivity contribution is -0.133. The fourth-order valence-corrected chi connectivity index (χ4v) is 4.96. The van der Waals surface area contributed by atoms with Gasteiger partial charge in [0, 0.05) is 16.3 Å². The van der Waals surface area contributed by atoms with Gasteiger partial charge in [-0.25, -0.2) is 18.4 Å². The molecule has 0 bridgehead atoms. The molecule has 1 aromatic heterocycles. The van der Waals surface area contributed by atoms with Crippen LogP contribution in [0.1, 0.15) is 31.7 Å². The largest absolute Gasteiger partial charge is 0.465 e. The third kappa shape index (κ3) is 3.75. The number of thioether (sulfide) groups is 1. The number of hydrogen-bond acceptors (Lipinski definition) is 7. The summed E-state index contributed by atoms with van der Waals surface area (Å²) in [5.74, 6) is -3.77. The van der Waals surface area contributed by atoms with E-state index in [2.05, 4.69) is 0 Å². The van der Waals surface area contributed by atoms with Crippen LogP contribution < -0.4 is 16.3 Å². The van der Waals surface area contributed by atoms with Crippen molar-refractivity contribution in [3.8, 4) is 0 Å². The molecule has 1 unspecified atom stereocenters. The Bertz CT molecular complexity index is 1460. The molecule has 0 radical (unpaired) electrons. The monoisotopic (exact) mass is 484 g/mol. The number of esters is 2. The number of carbonyl (C=O) groups excluding carboxylic acids is 3. The Labute approximate surface area is 196 Å². The SMILES string of the molecule is COC(=O)C1=c2/c(=C/c3ccccc3F)c(N)c(C(=O)OC)n2C(=O)C(c2ccccc2F)S1. The van der Waals surface area contributed by atoms with Gasteiger partial charge in [-0.15, -0.1) is 0 Å². The molecular formula is C24H18F2N2O5S. The van der Waals surface area contributed by atoms with E-state index < -0.39 is 34.7 Å². The average Bonchev–Trinajstić information content (AvgIpc) is 3.13. The van der Waals surface area contributed by atoms with Crippen LogP contribution in [0.3, 0.4) is 0 Å². The lowest BCUT2D eigenvalue weighted by Gasteiger charge is -2.23. The predicted molar refractivity (Wildman–Crippen MR) is 122 cm³/mol. The summed E-state index contributed by atoms with van der Waals surface area (Å²) in [6.45, 7) is 0. The van der Waals surface area contributed by atoms with Crippen molar-refractivity contribution >= 4 is 46.3 Å². The standard InChI is InChI=1S/C24H18F2N2O5S/c1-32-23(30)19-17(27)14(11-12-7-3-5-9-15(12)25)18-21(24(31)33-2)34-20(22(29)28(18)19)13-8-4-6-10-16(13)26/h3-11,20H,27H2,1-2H3/b14-11+. The molecule has 1 aliphatic heterocycles. The summed E-state index contributed by atoms with van der Waals surface area (Å²) >= 11 is 0.763. The number of methoxy groups -OCH3 is 2. The van der Waals surface area contributed by atoms with Crippen molar-refractivity contribution in [2.24, 2.45) is 0 Å². The molecule has 2 N–H and O–H groups in total. The van der Waals surface area contributed by atoms with Crippen LogP contribution in [0.5, 0.6) is 0 Å². The summed E-state index contributed by atoms with van der Waals surface area (Å²) in [6.07, 6.45) is 1.32. The minimum atomic E-state index is -1.22. The van der Waals surface area contributed by atoms with Gasteiger partial charge >= 0.3 is 11.9 Å². The smallest absolute Gasteiger partial charge is 0.357 e. The van der Waals surface area contributed by atoms with Gasteiger partial charge in [0.05, 0.1) is 25.3 Å². The normalized spacial score (nSPS) is 15.8. The lowest BCUT2D eigenvalue weighted by atomic mass is 10.1. The second-order valence-electron chi connectivity index (χ2n) is 7.20. The van der Waals surface area contributed by atoms with Gasteiger partial charge in [-0.2, -0.15) is 0 Å². The Hall–Kier alpha value is -3.92.